The molecular formula is C11H18O. The van der Waals surface area contributed by atoms with Gasteiger partial charge >= 0.3 is 0 Å². The fourth-order valence-electron chi connectivity index (χ4n) is 1.85. The number of hydrogen-bond acceptors (Lipinski definition) is 1. The molecule has 0 spiro atoms. The van der Waals surface area contributed by atoms with Gasteiger partial charge in [0.2, 0.25) is 0 Å². The second-order valence-electron chi connectivity index (χ2n) is 3.70. The van der Waals surface area contributed by atoms with Crippen molar-refractivity contribution in [3.8, 4) is 0 Å². The van der Waals surface area contributed by atoms with Gasteiger partial charge in [-0.25, -0.2) is 0 Å². The molecule has 1 saturated carbocycles. The predicted octanol–water partition coefficient (Wildman–Crippen LogP) is 2.96. The van der Waals surface area contributed by atoms with Crippen LogP contribution in [0.2, 0.25) is 0 Å². The molecule has 0 bridgehead atoms. The number of rotatable bonds is 3. The highest BCUT2D eigenvalue weighted by atomic mass is 16.1. The van der Waals surface area contributed by atoms with Crippen LogP contribution in [0.5, 0.6) is 0 Å². The van der Waals surface area contributed by atoms with Gasteiger partial charge in [-0.05, 0) is 25.2 Å². The Kier molecular flexibility index (Phi) is 3.51. The highest BCUT2D eigenvalue weighted by Crippen LogP contribution is 2.30. The Bertz CT molecular complexity index is 181. The molecule has 0 aliphatic heterocycles. The first-order chi connectivity index (χ1) is 5.75. The summed E-state index contributed by atoms with van der Waals surface area (Å²) in [6.07, 6.45) is 8.26. The molecule has 1 heteroatoms. The van der Waals surface area contributed by atoms with Crippen LogP contribution in [0.4, 0.5) is 0 Å². The lowest BCUT2D eigenvalue weighted by molar-refractivity contribution is -0.121. The second-order valence-corrected chi connectivity index (χ2v) is 3.70. The standard InChI is InChI=1S/C11H18O/c1-3-4-5-6-10-9(2)7-8-11(10)12/h4-5,9-10H,3,6-8H2,1-2H3/b5-4-/t9-,10+/m1/s1. The summed E-state index contributed by atoms with van der Waals surface area (Å²) in [5.41, 5.74) is 0. The van der Waals surface area contributed by atoms with Crippen LogP contribution in [-0.4, -0.2) is 5.78 Å². The molecule has 0 N–H and O–H groups in total. The Morgan fingerprint density at radius 1 is 1.50 bits per heavy atom. The molecule has 0 heterocycles. The molecule has 2 atom stereocenters. The van der Waals surface area contributed by atoms with E-state index in [-0.39, 0.29) is 0 Å². The van der Waals surface area contributed by atoms with E-state index >= 15 is 0 Å². The van der Waals surface area contributed by atoms with Crippen LogP contribution < -0.4 is 0 Å². The number of hydrogen-bond donors (Lipinski definition) is 0. The lowest BCUT2D eigenvalue weighted by Crippen LogP contribution is -2.10. The van der Waals surface area contributed by atoms with Gasteiger partial charge in [-0.3, -0.25) is 4.79 Å². The molecular weight excluding hydrogens is 148 g/mol. The molecule has 68 valence electrons. The van der Waals surface area contributed by atoms with Gasteiger partial charge in [0.05, 0.1) is 0 Å². The lowest BCUT2D eigenvalue weighted by atomic mass is 9.94. The van der Waals surface area contributed by atoms with Crippen molar-refractivity contribution in [2.45, 2.75) is 39.5 Å². The van der Waals surface area contributed by atoms with Crippen LogP contribution in [0.1, 0.15) is 39.5 Å². The minimum Gasteiger partial charge on any atom is -0.299 e. The molecule has 1 nitrogen and oxygen atoms in total. The van der Waals surface area contributed by atoms with Crippen LogP contribution >= 0.6 is 0 Å². The van der Waals surface area contributed by atoms with E-state index < -0.39 is 0 Å². The van der Waals surface area contributed by atoms with E-state index in [1.165, 1.54) is 0 Å². The monoisotopic (exact) mass is 166 g/mol. The first kappa shape index (κ1) is 9.50. The highest BCUT2D eigenvalue weighted by Gasteiger charge is 2.29. The summed E-state index contributed by atoms with van der Waals surface area (Å²) in [5, 5.41) is 0. The Labute approximate surface area is 74.9 Å². The summed E-state index contributed by atoms with van der Waals surface area (Å²) in [6.45, 7) is 4.31. The average molecular weight is 166 g/mol. The molecule has 0 radical (unpaired) electrons. The van der Waals surface area contributed by atoms with Gasteiger partial charge < -0.3 is 0 Å². The van der Waals surface area contributed by atoms with E-state index in [1.54, 1.807) is 0 Å². The quantitative estimate of drug-likeness (QED) is 0.589. The molecule has 1 aliphatic rings. The smallest absolute Gasteiger partial charge is 0.136 e. The van der Waals surface area contributed by atoms with Gasteiger partial charge in [0, 0.05) is 12.3 Å². The first-order valence-corrected chi connectivity index (χ1v) is 4.93. The van der Waals surface area contributed by atoms with Crippen LogP contribution in [0, 0.1) is 11.8 Å². The molecule has 1 aliphatic carbocycles. The van der Waals surface area contributed by atoms with Crippen molar-refractivity contribution in [3.63, 3.8) is 0 Å². The van der Waals surface area contributed by atoms with Gasteiger partial charge in [-0.2, -0.15) is 0 Å². The van der Waals surface area contributed by atoms with E-state index in [4.69, 9.17) is 0 Å². The zero-order valence-electron chi connectivity index (χ0n) is 8.05. The van der Waals surface area contributed by atoms with E-state index in [9.17, 15) is 4.79 Å². The van der Waals surface area contributed by atoms with Gasteiger partial charge in [0.1, 0.15) is 5.78 Å². The second kappa shape index (κ2) is 4.44. The minimum absolute atomic E-state index is 0.327. The minimum atomic E-state index is 0.327. The van der Waals surface area contributed by atoms with E-state index in [0.29, 0.717) is 17.6 Å². The predicted molar refractivity (Wildman–Crippen MR) is 50.9 cm³/mol. The lowest BCUT2D eigenvalue weighted by Gasteiger charge is -2.10. The number of carbonyl (C=O) groups is 1. The third-order valence-electron chi connectivity index (χ3n) is 2.74. The maximum absolute atomic E-state index is 11.3. The van der Waals surface area contributed by atoms with Crippen molar-refractivity contribution < 1.29 is 4.79 Å². The Balaban J connectivity index is 2.39. The summed E-state index contributed by atoms with van der Waals surface area (Å²) >= 11 is 0. The molecule has 0 aromatic rings. The molecule has 0 amide bonds. The summed E-state index contributed by atoms with van der Waals surface area (Å²) in [5.74, 6) is 1.41. The number of Topliss-reactive ketones (excluding diaryl/α,β-unsaturated/α-hetero) is 1. The molecule has 0 saturated heterocycles. The summed E-state index contributed by atoms with van der Waals surface area (Å²) in [4.78, 5) is 11.3. The third-order valence-corrected chi connectivity index (χ3v) is 2.74. The molecule has 0 aromatic carbocycles. The van der Waals surface area contributed by atoms with Gasteiger partial charge in [-0.1, -0.05) is 26.0 Å². The first-order valence-electron chi connectivity index (χ1n) is 4.93. The molecule has 12 heavy (non-hydrogen) atoms. The topological polar surface area (TPSA) is 17.1 Å². The highest BCUT2D eigenvalue weighted by molar-refractivity contribution is 5.83. The van der Waals surface area contributed by atoms with Crippen molar-refractivity contribution in [3.05, 3.63) is 12.2 Å². The zero-order valence-corrected chi connectivity index (χ0v) is 8.05. The average Bonchev–Trinajstić information content (AvgIpc) is 2.35. The van der Waals surface area contributed by atoms with E-state index in [2.05, 4.69) is 26.0 Å². The van der Waals surface area contributed by atoms with Crippen LogP contribution in [0.25, 0.3) is 0 Å². The van der Waals surface area contributed by atoms with Crippen molar-refractivity contribution in [1.29, 1.82) is 0 Å². The van der Waals surface area contributed by atoms with Crippen molar-refractivity contribution in [2.24, 2.45) is 11.8 Å². The molecule has 1 fully saturated rings. The molecule has 0 aromatic heterocycles. The fraction of sp³-hybridized carbons (Fsp3) is 0.727. The normalized spacial score (nSPS) is 30.3. The number of ketones is 1. The largest absolute Gasteiger partial charge is 0.299 e. The number of carbonyl (C=O) groups excluding carboxylic acids is 1. The van der Waals surface area contributed by atoms with Crippen LogP contribution in [0.3, 0.4) is 0 Å². The Hall–Kier alpha value is -0.590. The zero-order chi connectivity index (χ0) is 8.97. The maximum atomic E-state index is 11.3. The van der Waals surface area contributed by atoms with Crippen molar-refractivity contribution in [2.75, 3.05) is 0 Å². The maximum Gasteiger partial charge on any atom is 0.136 e. The SMILES string of the molecule is CC/C=C\C[C@@H]1C(=O)CC[C@H]1C. The third kappa shape index (κ3) is 2.20. The Morgan fingerprint density at radius 2 is 2.25 bits per heavy atom. The van der Waals surface area contributed by atoms with E-state index in [0.717, 1.165) is 25.7 Å². The summed E-state index contributed by atoms with van der Waals surface area (Å²) in [7, 11) is 0. The van der Waals surface area contributed by atoms with E-state index in [1.807, 2.05) is 0 Å². The Morgan fingerprint density at radius 3 is 2.75 bits per heavy atom. The summed E-state index contributed by atoms with van der Waals surface area (Å²) in [6, 6.07) is 0. The summed E-state index contributed by atoms with van der Waals surface area (Å²) < 4.78 is 0. The molecule has 1 rings (SSSR count). The van der Waals surface area contributed by atoms with Crippen molar-refractivity contribution >= 4 is 5.78 Å². The number of allylic oxidation sites excluding steroid dienone is 2. The van der Waals surface area contributed by atoms with Gasteiger partial charge in [0.15, 0.2) is 0 Å². The fourth-order valence-corrected chi connectivity index (χ4v) is 1.85. The van der Waals surface area contributed by atoms with Gasteiger partial charge in [-0.15, -0.1) is 0 Å². The van der Waals surface area contributed by atoms with Gasteiger partial charge in [0.25, 0.3) is 0 Å². The molecule has 0 unspecified atom stereocenters. The van der Waals surface area contributed by atoms with Crippen LogP contribution in [0.15, 0.2) is 12.2 Å². The van der Waals surface area contributed by atoms with Crippen molar-refractivity contribution in [1.82, 2.24) is 0 Å². The van der Waals surface area contributed by atoms with Crippen LogP contribution in [-0.2, 0) is 4.79 Å².